The summed E-state index contributed by atoms with van der Waals surface area (Å²) < 4.78 is 5.00. The van der Waals surface area contributed by atoms with Crippen LogP contribution in [0.3, 0.4) is 0 Å². The molecule has 0 fully saturated rings. The zero-order valence-corrected chi connectivity index (χ0v) is 15.6. The molecule has 0 aromatic heterocycles. The Labute approximate surface area is 163 Å². The molecule has 0 aliphatic heterocycles. The number of carbonyl (C=O) groups is 2. The molecule has 4 aromatic rings. The van der Waals surface area contributed by atoms with E-state index in [2.05, 4.69) is 30.3 Å². The van der Waals surface area contributed by atoms with E-state index in [1.54, 1.807) is 0 Å². The zero-order chi connectivity index (χ0) is 19.5. The number of ether oxygens (including phenoxy) is 1. The highest BCUT2D eigenvalue weighted by Crippen LogP contribution is 2.35. The van der Waals surface area contributed by atoms with Gasteiger partial charge in [-0.15, -0.1) is 0 Å². The lowest BCUT2D eigenvalue weighted by Crippen LogP contribution is -2.09. The van der Waals surface area contributed by atoms with Crippen LogP contribution in [0.2, 0.25) is 0 Å². The Hall–Kier alpha value is -3.46. The minimum Gasteiger partial charge on any atom is -0.465 e. The highest BCUT2D eigenvalue weighted by Gasteiger charge is 2.18. The summed E-state index contributed by atoms with van der Waals surface area (Å²) in [4.78, 5) is 24.3. The Morgan fingerprint density at radius 3 is 2.11 bits per heavy atom. The predicted molar refractivity (Wildman–Crippen MR) is 112 cm³/mol. The Balaban J connectivity index is 1.91. The maximum atomic E-state index is 13.2. The van der Waals surface area contributed by atoms with Crippen LogP contribution in [0.4, 0.5) is 0 Å². The quantitative estimate of drug-likeness (QED) is 0.330. The molecule has 138 valence electrons. The number of rotatable bonds is 5. The summed E-state index contributed by atoms with van der Waals surface area (Å²) >= 11 is 0. The molecule has 0 N–H and O–H groups in total. The Morgan fingerprint density at radius 1 is 0.714 bits per heavy atom. The molecule has 28 heavy (non-hydrogen) atoms. The van der Waals surface area contributed by atoms with E-state index < -0.39 is 0 Å². The minimum atomic E-state index is -0.375. The second kappa shape index (κ2) is 7.65. The first-order valence-electron chi connectivity index (χ1n) is 9.31. The second-order valence-electron chi connectivity index (χ2n) is 6.75. The maximum absolute atomic E-state index is 13.2. The van der Waals surface area contributed by atoms with Crippen LogP contribution in [-0.4, -0.2) is 18.4 Å². The number of fused-ring (bicyclic) bond motifs is 2. The molecule has 0 amide bonds. The van der Waals surface area contributed by atoms with E-state index >= 15 is 0 Å². The van der Waals surface area contributed by atoms with Gasteiger partial charge in [0.25, 0.3) is 0 Å². The van der Waals surface area contributed by atoms with Crippen molar-refractivity contribution in [1.29, 1.82) is 0 Å². The van der Waals surface area contributed by atoms with Gasteiger partial charge < -0.3 is 4.74 Å². The SMILES string of the molecule is CC(=O)OCCC(=O)c1c(-c2cccc3ccccc23)ccc2ccccc12. The average molecular weight is 368 g/mol. The summed E-state index contributed by atoms with van der Waals surface area (Å²) in [7, 11) is 0. The molecule has 0 aliphatic carbocycles. The van der Waals surface area contributed by atoms with Gasteiger partial charge in [0, 0.05) is 18.9 Å². The van der Waals surface area contributed by atoms with Crippen LogP contribution in [0.5, 0.6) is 0 Å². The van der Waals surface area contributed by atoms with Crippen LogP contribution in [-0.2, 0) is 9.53 Å². The van der Waals surface area contributed by atoms with Crippen molar-refractivity contribution < 1.29 is 14.3 Å². The van der Waals surface area contributed by atoms with Crippen molar-refractivity contribution in [2.45, 2.75) is 13.3 Å². The van der Waals surface area contributed by atoms with E-state index in [9.17, 15) is 9.59 Å². The van der Waals surface area contributed by atoms with Crippen LogP contribution in [0.25, 0.3) is 32.7 Å². The first-order valence-corrected chi connectivity index (χ1v) is 9.31. The first-order chi connectivity index (χ1) is 13.6. The average Bonchev–Trinajstić information content (AvgIpc) is 2.72. The molecule has 0 spiro atoms. The fourth-order valence-corrected chi connectivity index (χ4v) is 3.67. The molecule has 0 bridgehead atoms. The van der Waals surface area contributed by atoms with Gasteiger partial charge in [-0.1, -0.05) is 78.9 Å². The zero-order valence-electron chi connectivity index (χ0n) is 15.6. The lowest BCUT2D eigenvalue weighted by molar-refractivity contribution is -0.140. The van der Waals surface area contributed by atoms with Crippen molar-refractivity contribution in [3.63, 3.8) is 0 Å². The van der Waals surface area contributed by atoms with Gasteiger partial charge in [-0.3, -0.25) is 9.59 Å². The summed E-state index contributed by atoms with van der Waals surface area (Å²) in [5.74, 6) is -0.402. The van der Waals surface area contributed by atoms with Gasteiger partial charge in [0.1, 0.15) is 0 Å². The number of carbonyl (C=O) groups excluding carboxylic acids is 2. The Kier molecular flexibility index (Phi) is 4.90. The number of Topliss-reactive ketones (excluding diaryl/α,β-unsaturated/α-hetero) is 1. The van der Waals surface area contributed by atoms with Crippen LogP contribution in [0.1, 0.15) is 23.7 Å². The molecule has 4 aromatic carbocycles. The molecule has 0 aliphatic rings. The fraction of sp³-hybridized carbons (Fsp3) is 0.120. The summed E-state index contributed by atoms with van der Waals surface area (Å²) in [6, 6.07) is 26.3. The standard InChI is InChI=1S/C25H20O3/c1-17(26)28-16-15-24(27)25-21-11-5-3-8-19(21)13-14-23(25)22-12-6-9-18-7-2-4-10-20(18)22/h2-14H,15-16H2,1H3. The molecule has 3 nitrogen and oxygen atoms in total. The highest BCUT2D eigenvalue weighted by atomic mass is 16.5. The van der Waals surface area contributed by atoms with E-state index in [1.165, 1.54) is 6.92 Å². The molecule has 0 atom stereocenters. The third-order valence-electron chi connectivity index (χ3n) is 4.92. The summed E-state index contributed by atoms with van der Waals surface area (Å²) in [6.45, 7) is 1.44. The van der Waals surface area contributed by atoms with E-state index in [-0.39, 0.29) is 24.8 Å². The van der Waals surface area contributed by atoms with E-state index in [4.69, 9.17) is 4.74 Å². The van der Waals surface area contributed by atoms with Crippen molar-refractivity contribution in [3.8, 4) is 11.1 Å². The van der Waals surface area contributed by atoms with Gasteiger partial charge in [0.2, 0.25) is 0 Å². The van der Waals surface area contributed by atoms with Crippen LogP contribution in [0.15, 0.2) is 78.9 Å². The van der Waals surface area contributed by atoms with Crippen molar-refractivity contribution in [2.75, 3.05) is 6.61 Å². The first kappa shape index (κ1) is 17.9. The summed E-state index contributed by atoms with van der Waals surface area (Å²) in [5, 5.41) is 4.17. The van der Waals surface area contributed by atoms with Gasteiger partial charge in [0.15, 0.2) is 5.78 Å². The number of ketones is 1. The Morgan fingerprint density at radius 2 is 1.36 bits per heavy atom. The monoisotopic (exact) mass is 368 g/mol. The van der Waals surface area contributed by atoms with Gasteiger partial charge in [0.05, 0.1) is 6.61 Å². The number of benzene rings is 4. The third kappa shape index (κ3) is 3.39. The van der Waals surface area contributed by atoms with Crippen molar-refractivity contribution >= 4 is 33.3 Å². The smallest absolute Gasteiger partial charge is 0.302 e. The van der Waals surface area contributed by atoms with E-state index in [1.807, 2.05) is 48.5 Å². The highest BCUT2D eigenvalue weighted by molar-refractivity contribution is 6.15. The van der Waals surface area contributed by atoms with Gasteiger partial charge >= 0.3 is 5.97 Å². The Bertz CT molecular complexity index is 1190. The third-order valence-corrected chi connectivity index (χ3v) is 4.92. The largest absolute Gasteiger partial charge is 0.465 e. The molecule has 0 radical (unpaired) electrons. The van der Waals surface area contributed by atoms with E-state index in [0.717, 1.165) is 32.7 Å². The van der Waals surface area contributed by atoms with Crippen molar-refractivity contribution in [3.05, 3.63) is 84.4 Å². The number of hydrogen-bond donors (Lipinski definition) is 0. The van der Waals surface area contributed by atoms with Gasteiger partial charge in [-0.2, -0.15) is 0 Å². The van der Waals surface area contributed by atoms with Gasteiger partial charge in [-0.05, 0) is 32.7 Å². The molecule has 0 saturated heterocycles. The number of esters is 1. The molecule has 4 rings (SSSR count). The summed E-state index contributed by atoms with van der Waals surface area (Å²) in [6.07, 6.45) is 0.158. The molecular weight excluding hydrogens is 348 g/mol. The normalized spacial score (nSPS) is 10.9. The lowest BCUT2D eigenvalue weighted by Gasteiger charge is -2.15. The minimum absolute atomic E-state index is 0.0269. The van der Waals surface area contributed by atoms with E-state index in [0.29, 0.717) is 5.56 Å². The van der Waals surface area contributed by atoms with Crippen LogP contribution >= 0.6 is 0 Å². The molecule has 0 saturated carbocycles. The molecule has 0 heterocycles. The fourth-order valence-electron chi connectivity index (χ4n) is 3.67. The molecule has 3 heteroatoms. The maximum Gasteiger partial charge on any atom is 0.302 e. The number of hydrogen-bond acceptors (Lipinski definition) is 3. The van der Waals surface area contributed by atoms with Gasteiger partial charge in [-0.25, -0.2) is 0 Å². The molecular formula is C25H20O3. The van der Waals surface area contributed by atoms with Crippen molar-refractivity contribution in [2.24, 2.45) is 0 Å². The topological polar surface area (TPSA) is 43.4 Å². The van der Waals surface area contributed by atoms with Crippen LogP contribution < -0.4 is 0 Å². The van der Waals surface area contributed by atoms with Crippen molar-refractivity contribution in [1.82, 2.24) is 0 Å². The second-order valence-corrected chi connectivity index (χ2v) is 6.75. The summed E-state index contributed by atoms with van der Waals surface area (Å²) in [5.41, 5.74) is 2.62. The predicted octanol–water partition coefficient (Wildman–Crippen LogP) is 5.80. The lowest BCUT2D eigenvalue weighted by atomic mass is 9.88. The molecule has 0 unspecified atom stereocenters. The van der Waals surface area contributed by atoms with Crippen LogP contribution in [0, 0.1) is 0 Å².